The third kappa shape index (κ3) is 7.47. The quantitative estimate of drug-likeness (QED) is 0.0990. The maximum atomic E-state index is 13.2. The Morgan fingerprint density at radius 3 is 2.09 bits per heavy atom. The first-order valence-electron chi connectivity index (χ1n) is 13.7. The van der Waals surface area contributed by atoms with Gasteiger partial charge in [-0.15, -0.1) is 0 Å². The van der Waals surface area contributed by atoms with Gasteiger partial charge in [-0.25, -0.2) is 0 Å². The molecule has 20 nitrogen and oxygen atoms in total. The van der Waals surface area contributed by atoms with Gasteiger partial charge < -0.3 is 90.5 Å². The third-order valence-corrected chi connectivity index (χ3v) is 7.71. The van der Waals surface area contributed by atoms with Crippen LogP contribution in [0.25, 0.3) is 0 Å². The summed E-state index contributed by atoms with van der Waals surface area (Å²) in [6.07, 6.45) is -26.7. The molecule has 0 aromatic heterocycles. The lowest BCUT2D eigenvalue weighted by Gasteiger charge is -2.51. The molecule has 0 radical (unpaired) electrons. The summed E-state index contributed by atoms with van der Waals surface area (Å²) in [6, 6.07) is -1.46. The summed E-state index contributed by atoms with van der Waals surface area (Å²) in [5.41, 5.74) is 0. The van der Waals surface area contributed by atoms with E-state index in [0.717, 1.165) is 14.0 Å². The first-order valence-corrected chi connectivity index (χ1v) is 13.7. The molecule has 3 rings (SSSR count). The number of aliphatic hydroxyl groups is 11. The second-order valence-electron chi connectivity index (χ2n) is 10.8. The fraction of sp³-hybridized carbons (Fsp3) is 0.917. The molecule has 3 aliphatic heterocycles. The van der Waals surface area contributed by atoms with Gasteiger partial charge in [0.15, 0.2) is 12.6 Å². The van der Waals surface area contributed by atoms with E-state index in [9.17, 15) is 65.8 Å². The van der Waals surface area contributed by atoms with Gasteiger partial charge in [0.25, 0.3) is 11.7 Å². The molecular weight excluding hydrogens is 604 g/mol. The molecule has 0 spiro atoms. The van der Waals surface area contributed by atoms with Crippen molar-refractivity contribution in [2.45, 2.75) is 111 Å². The van der Waals surface area contributed by atoms with Crippen molar-refractivity contribution in [1.82, 2.24) is 10.6 Å². The number of carbonyl (C=O) groups is 2. The minimum atomic E-state index is -2.68. The van der Waals surface area contributed by atoms with E-state index in [1.807, 2.05) is 0 Å². The van der Waals surface area contributed by atoms with Crippen LogP contribution in [0.5, 0.6) is 0 Å². The second-order valence-corrected chi connectivity index (χ2v) is 10.8. The van der Waals surface area contributed by atoms with Crippen LogP contribution in [-0.2, 0) is 33.3 Å². The van der Waals surface area contributed by atoms with Crippen molar-refractivity contribution in [2.24, 2.45) is 0 Å². The Hall–Kier alpha value is -1.70. The highest BCUT2D eigenvalue weighted by atomic mass is 16.8. The lowest BCUT2D eigenvalue weighted by Crippen LogP contribution is -2.71. The predicted octanol–water partition coefficient (Wildman–Crippen LogP) is -8.56. The third-order valence-electron chi connectivity index (χ3n) is 7.71. The summed E-state index contributed by atoms with van der Waals surface area (Å²) in [5, 5.41) is 118. The number of aliphatic hydroxyl groups excluding tert-OH is 11. The summed E-state index contributed by atoms with van der Waals surface area (Å²) in [4.78, 5) is 25.1. The highest BCUT2D eigenvalue weighted by molar-refractivity contribution is 5.84. The van der Waals surface area contributed by atoms with E-state index in [1.54, 1.807) is 0 Å². The maximum Gasteiger partial charge on any atom is 0.280 e. The van der Waals surface area contributed by atoms with E-state index in [-0.39, 0.29) is 0 Å². The van der Waals surface area contributed by atoms with Crippen molar-refractivity contribution in [1.29, 1.82) is 0 Å². The summed E-state index contributed by atoms with van der Waals surface area (Å²) >= 11 is 0. The van der Waals surface area contributed by atoms with Gasteiger partial charge >= 0.3 is 0 Å². The van der Waals surface area contributed by atoms with Gasteiger partial charge in [-0.05, 0) is 0 Å². The van der Waals surface area contributed by atoms with Crippen LogP contribution in [0, 0.1) is 0 Å². The summed E-state index contributed by atoms with van der Waals surface area (Å²) < 4.78 is 27.6. The van der Waals surface area contributed by atoms with E-state index in [2.05, 4.69) is 10.6 Å². The largest absolute Gasteiger partial charge is 0.394 e. The van der Waals surface area contributed by atoms with E-state index in [0.29, 0.717) is 0 Å². The molecule has 256 valence electrons. The number of likely N-dealkylation sites (N-methyl/N-ethyl adjacent to an activating group) is 1. The Balaban J connectivity index is 1.98. The van der Waals surface area contributed by atoms with Crippen molar-refractivity contribution in [3.05, 3.63) is 0 Å². The lowest BCUT2D eigenvalue weighted by molar-refractivity contribution is -0.383. The number of carbonyl (C=O) groups excluding carboxylic acids is 2. The van der Waals surface area contributed by atoms with Crippen LogP contribution in [0.2, 0.25) is 0 Å². The van der Waals surface area contributed by atoms with Gasteiger partial charge in [-0.1, -0.05) is 0 Å². The van der Waals surface area contributed by atoms with Crippen LogP contribution < -0.4 is 10.6 Å². The Bertz CT molecular complexity index is 962. The first kappa shape index (κ1) is 36.8. The topological polar surface area (TPSA) is 327 Å². The van der Waals surface area contributed by atoms with Crippen molar-refractivity contribution in [2.75, 3.05) is 26.9 Å². The summed E-state index contributed by atoms with van der Waals surface area (Å²) in [6.45, 7) is -1.68. The standard InChI is InChI=1S/C24H42N2O18/c1-7(30)26-12-8(31)3-24(23(39)25-2,43-19(12)13(33)9(32)4-27)44-20-14(34)10(5-28)41-22(17(20)37)42-18-11(6-29)40-21(38)16(36)15(18)35/h8-22,27-29,31-38H,3-6H2,1-2H3,(H,25,39)(H,26,30)/t8-,9+,10+,11+,12+,13+,14-,15+,16+,17+,18+,19+,20-,21+,22-,24-/m0/s1. The van der Waals surface area contributed by atoms with E-state index < -0.39 is 136 Å². The molecule has 0 aromatic carbocycles. The predicted molar refractivity (Wildman–Crippen MR) is 136 cm³/mol. The first-order chi connectivity index (χ1) is 20.7. The van der Waals surface area contributed by atoms with Gasteiger partial charge in [0.2, 0.25) is 5.91 Å². The number of nitrogens with one attached hydrogen (secondary N) is 2. The van der Waals surface area contributed by atoms with Crippen LogP contribution in [0.1, 0.15) is 13.3 Å². The number of hydrogen-bond acceptors (Lipinski definition) is 18. The fourth-order valence-electron chi connectivity index (χ4n) is 5.37. The van der Waals surface area contributed by atoms with Gasteiger partial charge in [-0.3, -0.25) is 9.59 Å². The van der Waals surface area contributed by atoms with Gasteiger partial charge in [0.1, 0.15) is 67.1 Å². The summed E-state index contributed by atoms with van der Waals surface area (Å²) in [5.74, 6) is -4.51. The minimum absolute atomic E-state index is 0.699. The molecule has 3 saturated heterocycles. The average Bonchev–Trinajstić information content (AvgIpc) is 3.00. The zero-order valence-electron chi connectivity index (χ0n) is 23.8. The molecule has 20 heteroatoms. The van der Waals surface area contributed by atoms with Gasteiger partial charge in [-0.2, -0.15) is 0 Å². The molecule has 13 N–H and O–H groups in total. The SMILES string of the molecule is CNC(=O)[C@@]1(O[C@H]2[C@@H](O)[C@@H](CO)O[C@@H](O[C@H]3[C@H](O)[C@@H](O)[C@H](O)O[C@@H]3CO)[C@@H]2O)C[C@H](O)[C@@H](NC(C)=O)[C@H]([C@H](O)[C@H](O)CO)O1. The lowest BCUT2D eigenvalue weighted by atomic mass is 9.87. The molecule has 2 amide bonds. The zero-order valence-corrected chi connectivity index (χ0v) is 23.8. The molecular formula is C24H42N2O18. The van der Waals surface area contributed by atoms with Crippen LogP contribution >= 0.6 is 0 Å². The van der Waals surface area contributed by atoms with Crippen LogP contribution in [0.3, 0.4) is 0 Å². The maximum absolute atomic E-state index is 13.2. The van der Waals surface area contributed by atoms with Crippen molar-refractivity contribution in [3.8, 4) is 0 Å². The molecule has 16 atom stereocenters. The van der Waals surface area contributed by atoms with Crippen molar-refractivity contribution >= 4 is 11.8 Å². The Morgan fingerprint density at radius 1 is 0.909 bits per heavy atom. The van der Waals surface area contributed by atoms with E-state index in [4.69, 9.17) is 23.7 Å². The van der Waals surface area contributed by atoms with E-state index in [1.165, 1.54) is 0 Å². The van der Waals surface area contributed by atoms with E-state index >= 15 is 0 Å². The Kier molecular flexibility index (Phi) is 12.8. The molecule has 0 unspecified atom stereocenters. The monoisotopic (exact) mass is 646 g/mol. The number of rotatable bonds is 11. The van der Waals surface area contributed by atoms with Crippen molar-refractivity contribution in [3.63, 3.8) is 0 Å². The summed E-state index contributed by atoms with van der Waals surface area (Å²) in [7, 11) is 1.13. The highest BCUT2D eigenvalue weighted by Crippen LogP contribution is 2.38. The smallest absolute Gasteiger partial charge is 0.280 e. The van der Waals surface area contributed by atoms with Gasteiger partial charge in [0.05, 0.1) is 32.0 Å². The Morgan fingerprint density at radius 2 is 1.55 bits per heavy atom. The molecule has 3 aliphatic rings. The van der Waals surface area contributed by atoms with Crippen molar-refractivity contribution < 1.29 is 89.4 Å². The van der Waals surface area contributed by atoms with Crippen LogP contribution in [0.15, 0.2) is 0 Å². The fourth-order valence-corrected chi connectivity index (χ4v) is 5.37. The average molecular weight is 647 g/mol. The second kappa shape index (κ2) is 15.3. The number of hydrogen-bond donors (Lipinski definition) is 13. The number of ether oxygens (including phenoxy) is 5. The highest BCUT2D eigenvalue weighted by Gasteiger charge is 2.59. The minimum Gasteiger partial charge on any atom is -0.394 e. The Labute approximate surface area is 250 Å². The molecule has 0 aromatic rings. The zero-order chi connectivity index (χ0) is 33.1. The molecule has 0 saturated carbocycles. The molecule has 44 heavy (non-hydrogen) atoms. The number of amides is 2. The molecule has 3 fully saturated rings. The molecule has 0 aliphatic carbocycles. The molecule has 0 bridgehead atoms. The van der Waals surface area contributed by atoms with Crippen LogP contribution in [-0.4, -0.2) is 193 Å². The van der Waals surface area contributed by atoms with Gasteiger partial charge in [0, 0.05) is 20.4 Å². The molecule has 3 heterocycles. The normalized spacial score (nSPS) is 44.4. The van der Waals surface area contributed by atoms with Crippen LogP contribution in [0.4, 0.5) is 0 Å².